The Labute approximate surface area is 127 Å². The fourth-order valence-corrected chi connectivity index (χ4v) is 2.31. The van der Waals surface area contributed by atoms with Crippen molar-refractivity contribution in [3.05, 3.63) is 36.7 Å². The minimum Gasteiger partial charge on any atom is -0.490 e. The van der Waals surface area contributed by atoms with Gasteiger partial charge < -0.3 is 14.0 Å². The minimum atomic E-state index is -0.343. The highest BCUT2D eigenvalue weighted by Gasteiger charge is 2.18. The molecule has 1 aromatic heterocycles. The van der Waals surface area contributed by atoms with Crippen LogP contribution in [0.25, 0.3) is 0 Å². The summed E-state index contributed by atoms with van der Waals surface area (Å²) in [7, 11) is 1.83. The predicted octanol–water partition coefficient (Wildman–Crippen LogP) is 1.92. The lowest BCUT2D eigenvalue weighted by molar-refractivity contribution is -0.143. The molecule has 112 valence electrons. The molecule has 0 fully saturated rings. The Hall–Kier alpha value is -2.02. The molecule has 0 aliphatic heterocycles. The van der Waals surface area contributed by atoms with Crippen LogP contribution in [0.3, 0.4) is 0 Å². The molecule has 1 heterocycles. The van der Waals surface area contributed by atoms with Crippen LogP contribution in [0.2, 0.25) is 0 Å². The van der Waals surface area contributed by atoms with Gasteiger partial charge in [-0.25, -0.2) is 0 Å². The molecule has 0 bridgehead atoms. The van der Waals surface area contributed by atoms with Crippen LogP contribution in [-0.4, -0.2) is 39.2 Å². The molecular weight excluding hydrogens is 290 g/mol. The maximum atomic E-state index is 11.8. The van der Waals surface area contributed by atoms with Crippen molar-refractivity contribution in [2.45, 2.75) is 17.3 Å². The number of benzene rings is 1. The van der Waals surface area contributed by atoms with E-state index < -0.39 is 0 Å². The second-order valence-electron chi connectivity index (χ2n) is 4.31. The van der Waals surface area contributed by atoms with Gasteiger partial charge in [-0.15, -0.1) is 10.2 Å². The van der Waals surface area contributed by atoms with Crippen LogP contribution in [-0.2, 0) is 16.6 Å². The second kappa shape index (κ2) is 7.68. The molecule has 0 aliphatic rings. The van der Waals surface area contributed by atoms with E-state index in [0.717, 1.165) is 5.75 Å². The van der Waals surface area contributed by atoms with Gasteiger partial charge in [0.05, 0.1) is 0 Å². The van der Waals surface area contributed by atoms with Crippen molar-refractivity contribution < 1.29 is 14.3 Å². The van der Waals surface area contributed by atoms with E-state index in [1.165, 1.54) is 11.8 Å². The monoisotopic (exact) mass is 307 g/mol. The summed E-state index contributed by atoms with van der Waals surface area (Å²) in [6, 6.07) is 9.41. The van der Waals surface area contributed by atoms with Gasteiger partial charge in [0.2, 0.25) is 0 Å². The van der Waals surface area contributed by atoms with E-state index in [2.05, 4.69) is 10.2 Å². The van der Waals surface area contributed by atoms with E-state index in [1.54, 1.807) is 17.8 Å². The average Bonchev–Trinajstić information content (AvgIpc) is 2.89. The first kappa shape index (κ1) is 15.4. The van der Waals surface area contributed by atoms with Crippen molar-refractivity contribution in [1.82, 2.24) is 14.8 Å². The van der Waals surface area contributed by atoms with Crippen molar-refractivity contribution in [1.29, 1.82) is 0 Å². The number of para-hydroxylation sites is 1. The summed E-state index contributed by atoms with van der Waals surface area (Å²) >= 11 is 1.31. The Morgan fingerprint density at radius 2 is 2.10 bits per heavy atom. The van der Waals surface area contributed by atoms with Crippen LogP contribution >= 0.6 is 11.8 Å². The van der Waals surface area contributed by atoms with Gasteiger partial charge >= 0.3 is 5.97 Å². The standard InChI is InChI=1S/C14H17N3O3S/c1-11(21-14-16-15-10-17(14)2)13(18)20-9-8-19-12-6-4-3-5-7-12/h3-7,10-11H,8-9H2,1-2H3. The SMILES string of the molecule is CC(Sc1nncn1C)C(=O)OCCOc1ccccc1. The molecule has 2 rings (SSSR count). The Morgan fingerprint density at radius 3 is 2.76 bits per heavy atom. The molecule has 1 aromatic carbocycles. The number of carbonyl (C=O) groups is 1. The summed E-state index contributed by atoms with van der Waals surface area (Å²) in [5.41, 5.74) is 0. The number of aryl methyl sites for hydroxylation is 1. The van der Waals surface area contributed by atoms with Crippen LogP contribution in [0, 0.1) is 0 Å². The molecule has 1 atom stereocenters. The van der Waals surface area contributed by atoms with Crippen LogP contribution in [0.15, 0.2) is 41.8 Å². The molecule has 0 saturated heterocycles. The molecule has 0 spiro atoms. The third kappa shape index (κ3) is 4.78. The number of aromatic nitrogens is 3. The smallest absolute Gasteiger partial charge is 0.319 e. The molecule has 0 saturated carbocycles. The topological polar surface area (TPSA) is 66.2 Å². The summed E-state index contributed by atoms with van der Waals surface area (Å²) in [5, 5.41) is 8.02. The Morgan fingerprint density at radius 1 is 1.33 bits per heavy atom. The second-order valence-corrected chi connectivity index (χ2v) is 5.62. The highest BCUT2D eigenvalue weighted by atomic mass is 32.2. The van der Waals surface area contributed by atoms with E-state index in [1.807, 2.05) is 37.4 Å². The first-order chi connectivity index (χ1) is 10.2. The minimum absolute atomic E-state index is 0.220. The molecule has 2 aromatic rings. The van der Waals surface area contributed by atoms with E-state index in [4.69, 9.17) is 9.47 Å². The molecule has 1 unspecified atom stereocenters. The van der Waals surface area contributed by atoms with Crippen molar-refractivity contribution in [3.8, 4) is 5.75 Å². The van der Waals surface area contributed by atoms with E-state index in [9.17, 15) is 4.79 Å². The molecule has 0 amide bonds. The third-order valence-corrected chi connectivity index (χ3v) is 3.75. The average molecular weight is 307 g/mol. The highest BCUT2D eigenvalue weighted by Crippen LogP contribution is 2.20. The summed E-state index contributed by atoms with van der Waals surface area (Å²) in [5.74, 6) is 0.467. The largest absolute Gasteiger partial charge is 0.490 e. The van der Waals surface area contributed by atoms with Crippen molar-refractivity contribution in [2.24, 2.45) is 7.05 Å². The maximum absolute atomic E-state index is 11.8. The molecule has 6 nitrogen and oxygen atoms in total. The van der Waals surface area contributed by atoms with Gasteiger partial charge in [-0.2, -0.15) is 0 Å². The van der Waals surface area contributed by atoms with Crippen LogP contribution in [0.1, 0.15) is 6.92 Å². The van der Waals surface area contributed by atoms with Crippen molar-refractivity contribution >= 4 is 17.7 Å². The van der Waals surface area contributed by atoms with Gasteiger partial charge in [0.1, 0.15) is 30.5 Å². The van der Waals surface area contributed by atoms with Gasteiger partial charge in [-0.3, -0.25) is 4.79 Å². The van der Waals surface area contributed by atoms with E-state index >= 15 is 0 Å². The van der Waals surface area contributed by atoms with E-state index in [0.29, 0.717) is 11.8 Å². The number of rotatable bonds is 7. The maximum Gasteiger partial charge on any atom is 0.319 e. The number of nitrogens with zero attached hydrogens (tertiary/aromatic N) is 3. The van der Waals surface area contributed by atoms with Crippen molar-refractivity contribution in [3.63, 3.8) is 0 Å². The zero-order valence-corrected chi connectivity index (χ0v) is 12.7. The van der Waals surface area contributed by atoms with E-state index in [-0.39, 0.29) is 17.8 Å². The predicted molar refractivity (Wildman–Crippen MR) is 79.2 cm³/mol. The lowest BCUT2D eigenvalue weighted by Crippen LogP contribution is -2.20. The fourth-order valence-electron chi connectivity index (χ4n) is 1.52. The normalized spacial score (nSPS) is 11.9. The Kier molecular flexibility index (Phi) is 5.62. The molecular formula is C14H17N3O3S. The summed E-state index contributed by atoms with van der Waals surface area (Å²) in [6.45, 7) is 2.33. The van der Waals surface area contributed by atoms with Crippen molar-refractivity contribution in [2.75, 3.05) is 13.2 Å². The first-order valence-electron chi connectivity index (χ1n) is 6.52. The van der Waals surface area contributed by atoms with Crippen LogP contribution < -0.4 is 4.74 Å². The van der Waals surface area contributed by atoms with Gasteiger partial charge in [0.15, 0.2) is 5.16 Å². The molecule has 0 radical (unpaired) electrons. The first-order valence-corrected chi connectivity index (χ1v) is 7.40. The van der Waals surface area contributed by atoms with Crippen LogP contribution in [0.4, 0.5) is 0 Å². The molecule has 21 heavy (non-hydrogen) atoms. The zero-order valence-electron chi connectivity index (χ0n) is 11.9. The third-order valence-electron chi connectivity index (χ3n) is 2.62. The molecule has 0 aliphatic carbocycles. The highest BCUT2D eigenvalue weighted by molar-refractivity contribution is 8.00. The van der Waals surface area contributed by atoms with Gasteiger partial charge in [0, 0.05) is 7.05 Å². The molecule has 7 heteroatoms. The van der Waals surface area contributed by atoms with Gasteiger partial charge in [0.25, 0.3) is 0 Å². The number of thioether (sulfide) groups is 1. The number of ether oxygens (including phenoxy) is 2. The quantitative estimate of drug-likeness (QED) is 0.442. The van der Waals surface area contributed by atoms with Crippen LogP contribution in [0.5, 0.6) is 5.75 Å². The summed E-state index contributed by atoms with van der Waals surface area (Å²) in [6.07, 6.45) is 1.59. The Balaban J connectivity index is 1.68. The number of hydrogen-bond donors (Lipinski definition) is 0. The lowest BCUT2D eigenvalue weighted by atomic mass is 10.3. The summed E-state index contributed by atoms with van der Waals surface area (Å²) < 4.78 is 12.4. The number of esters is 1. The fraction of sp³-hybridized carbons (Fsp3) is 0.357. The lowest BCUT2D eigenvalue weighted by Gasteiger charge is -2.11. The summed E-state index contributed by atoms with van der Waals surface area (Å²) in [4.78, 5) is 11.8. The zero-order chi connectivity index (χ0) is 15.1. The van der Waals surface area contributed by atoms with Gasteiger partial charge in [-0.05, 0) is 19.1 Å². The molecule has 0 N–H and O–H groups in total. The number of hydrogen-bond acceptors (Lipinski definition) is 6. The van der Waals surface area contributed by atoms with Gasteiger partial charge in [-0.1, -0.05) is 30.0 Å². The number of carbonyl (C=O) groups excluding carboxylic acids is 1. The Bertz CT molecular complexity index is 574.